The van der Waals surface area contributed by atoms with Crippen LogP contribution in [0.4, 0.5) is 5.69 Å². The predicted molar refractivity (Wildman–Crippen MR) is 143 cm³/mol. The van der Waals surface area contributed by atoms with E-state index in [0.29, 0.717) is 11.4 Å². The van der Waals surface area contributed by atoms with E-state index in [-0.39, 0.29) is 28.2 Å². The highest BCUT2D eigenvalue weighted by molar-refractivity contribution is 7.92. The number of amides is 2. The predicted octanol–water partition coefficient (Wildman–Crippen LogP) is 5.13. The monoisotopic (exact) mass is 561 g/mol. The second kappa shape index (κ2) is 11.8. The van der Waals surface area contributed by atoms with Gasteiger partial charge in [0.2, 0.25) is 21.8 Å². The first-order chi connectivity index (χ1) is 16.1. The molecule has 0 heterocycles. The number of hydrogen-bond donors (Lipinski definition) is 1. The molecule has 192 valence electrons. The van der Waals surface area contributed by atoms with Gasteiger partial charge in [0, 0.05) is 17.1 Å². The van der Waals surface area contributed by atoms with Crippen molar-refractivity contribution in [1.82, 2.24) is 10.2 Å². The molecule has 0 fully saturated rings. The van der Waals surface area contributed by atoms with E-state index in [1.165, 1.54) is 17.0 Å². The molecular formula is C24H30Cl3N3O4S. The highest BCUT2D eigenvalue weighted by atomic mass is 35.5. The third-order valence-electron chi connectivity index (χ3n) is 5.03. The molecule has 0 aromatic heterocycles. The summed E-state index contributed by atoms with van der Waals surface area (Å²) in [4.78, 5) is 28.2. The number of benzene rings is 2. The van der Waals surface area contributed by atoms with Gasteiger partial charge in [-0.15, -0.1) is 0 Å². The molecule has 7 nitrogen and oxygen atoms in total. The van der Waals surface area contributed by atoms with Gasteiger partial charge in [0.05, 0.1) is 22.0 Å². The van der Waals surface area contributed by atoms with Crippen LogP contribution in [0.5, 0.6) is 0 Å². The number of carbonyl (C=O) groups excluding carboxylic acids is 2. The summed E-state index contributed by atoms with van der Waals surface area (Å²) in [5.41, 5.74) is 0.289. The van der Waals surface area contributed by atoms with Crippen LogP contribution in [0, 0.1) is 0 Å². The Balaban J connectivity index is 2.49. The first-order valence-electron chi connectivity index (χ1n) is 10.9. The molecule has 2 amide bonds. The zero-order chi connectivity index (χ0) is 26.6. The molecule has 0 saturated carbocycles. The van der Waals surface area contributed by atoms with Gasteiger partial charge in [-0.3, -0.25) is 13.9 Å². The van der Waals surface area contributed by atoms with Crippen molar-refractivity contribution >= 4 is 62.3 Å². The molecule has 0 aliphatic rings. The molecule has 1 atom stereocenters. The van der Waals surface area contributed by atoms with Crippen molar-refractivity contribution in [3.05, 3.63) is 63.1 Å². The Bertz CT molecular complexity index is 1170. The number of nitrogens with one attached hydrogen (secondary N) is 1. The van der Waals surface area contributed by atoms with E-state index in [2.05, 4.69) is 5.32 Å². The molecule has 0 radical (unpaired) electrons. The van der Waals surface area contributed by atoms with Crippen molar-refractivity contribution in [3.63, 3.8) is 0 Å². The maximum absolute atomic E-state index is 13.6. The molecule has 0 aliphatic carbocycles. The molecule has 11 heteroatoms. The van der Waals surface area contributed by atoms with Gasteiger partial charge >= 0.3 is 0 Å². The van der Waals surface area contributed by atoms with E-state index in [1.54, 1.807) is 37.3 Å². The first-order valence-corrected chi connectivity index (χ1v) is 13.9. The van der Waals surface area contributed by atoms with Gasteiger partial charge in [-0.25, -0.2) is 8.42 Å². The van der Waals surface area contributed by atoms with Crippen LogP contribution >= 0.6 is 34.8 Å². The Labute approximate surface area is 222 Å². The van der Waals surface area contributed by atoms with E-state index < -0.39 is 34.1 Å². The fourth-order valence-electron chi connectivity index (χ4n) is 3.44. The largest absolute Gasteiger partial charge is 0.350 e. The van der Waals surface area contributed by atoms with Crippen LogP contribution in [0.2, 0.25) is 15.1 Å². The molecule has 1 unspecified atom stereocenters. The quantitative estimate of drug-likeness (QED) is 0.459. The van der Waals surface area contributed by atoms with Crippen LogP contribution in [-0.2, 0) is 26.2 Å². The summed E-state index contributed by atoms with van der Waals surface area (Å²) in [7, 11) is -3.92. The summed E-state index contributed by atoms with van der Waals surface area (Å²) < 4.78 is 26.2. The Morgan fingerprint density at radius 3 is 2.14 bits per heavy atom. The number of rotatable bonds is 9. The standard InChI is InChI=1S/C24H30Cl3N3O4S/c1-6-19(23(32)28-24(2,3)4)29(14-16-10-12-17(25)13-11-16)21(31)15-30(35(5,33)34)20-9-7-8-18(26)22(20)27/h7-13,19H,6,14-15H2,1-5H3,(H,28,32). The zero-order valence-electron chi connectivity index (χ0n) is 20.3. The van der Waals surface area contributed by atoms with Crippen LogP contribution in [0.1, 0.15) is 39.7 Å². The minimum Gasteiger partial charge on any atom is -0.350 e. The number of anilines is 1. The smallest absolute Gasteiger partial charge is 0.244 e. The third kappa shape index (κ3) is 8.27. The van der Waals surface area contributed by atoms with Gasteiger partial charge in [0.1, 0.15) is 12.6 Å². The highest BCUT2D eigenvalue weighted by Gasteiger charge is 2.33. The van der Waals surface area contributed by atoms with Crippen molar-refractivity contribution in [2.75, 3.05) is 17.1 Å². The Morgan fingerprint density at radius 1 is 1.03 bits per heavy atom. The molecule has 1 N–H and O–H groups in total. The topological polar surface area (TPSA) is 86.8 Å². The maximum Gasteiger partial charge on any atom is 0.244 e. The summed E-state index contributed by atoms with van der Waals surface area (Å²) in [5.74, 6) is -0.911. The molecular weight excluding hydrogens is 533 g/mol. The Morgan fingerprint density at radius 2 is 1.63 bits per heavy atom. The van der Waals surface area contributed by atoms with Crippen molar-refractivity contribution in [2.45, 2.75) is 52.2 Å². The summed E-state index contributed by atoms with van der Waals surface area (Å²) in [6.45, 7) is 6.83. The fourth-order valence-corrected chi connectivity index (χ4v) is 4.87. The van der Waals surface area contributed by atoms with E-state index >= 15 is 0 Å². The van der Waals surface area contributed by atoms with Gasteiger partial charge < -0.3 is 10.2 Å². The summed E-state index contributed by atoms with van der Waals surface area (Å²) >= 11 is 18.4. The zero-order valence-corrected chi connectivity index (χ0v) is 23.4. The van der Waals surface area contributed by atoms with Crippen LogP contribution in [0.3, 0.4) is 0 Å². The van der Waals surface area contributed by atoms with Gasteiger partial charge in [-0.2, -0.15) is 0 Å². The number of carbonyl (C=O) groups is 2. The van der Waals surface area contributed by atoms with Crippen molar-refractivity contribution in [1.29, 1.82) is 0 Å². The number of sulfonamides is 1. The molecule has 0 saturated heterocycles. The van der Waals surface area contributed by atoms with Crippen molar-refractivity contribution in [3.8, 4) is 0 Å². The first kappa shape index (κ1) is 29.2. The maximum atomic E-state index is 13.6. The second-order valence-electron chi connectivity index (χ2n) is 9.15. The van der Waals surface area contributed by atoms with Crippen molar-refractivity contribution < 1.29 is 18.0 Å². The average molecular weight is 563 g/mol. The SMILES string of the molecule is CCC(C(=O)NC(C)(C)C)N(Cc1ccc(Cl)cc1)C(=O)CN(c1cccc(Cl)c1Cl)S(C)(=O)=O. The van der Waals surface area contributed by atoms with Crippen LogP contribution in [0.15, 0.2) is 42.5 Å². The fraction of sp³-hybridized carbons (Fsp3) is 0.417. The lowest BCUT2D eigenvalue weighted by Gasteiger charge is -2.34. The minimum atomic E-state index is -3.92. The average Bonchev–Trinajstić information content (AvgIpc) is 2.73. The summed E-state index contributed by atoms with van der Waals surface area (Å²) in [6, 6.07) is 10.6. The lowest BCUT2D eigenvalue weighted by atomic mass is 10.1. The minimum absolute atomic E-state index is 0.00848. The van der Waals surface area contributed by atoms with E-state index in [4.69, 9.17) is 34.8 Å². The van der Waals surface area contributed by atoms with E-state index in [9.17, 15) is 18.0 Å². The number of halogens is 3. The molecule has 35 heavy (non-hydrogen) atoms. The molecule has 2 aromatic carbocycles. The summed E-state index contributed by atoms with van der Waals surface area (Å²) in [6.07, 6.45) is 1.29. The van der Waals surface area contributed by atoms with Gasteiger partial charge in [0.15, 0.2) is 0 Å². The Kier molecular flexibility index (Phi) is 9.87. The van der Waals surface area contributed by atoms with Crippen LogP contribution < -0.4 is 9.62 Å². The molecule has 0 aliphatic heterocycles. The summed E-state index contributed by atoms with van der Waals surface area (Å²) in [5, 5.41) is 3.60. The highest BCUT2D eigenvalue weighted by Crippen LogP contribution is 2.33. The van der Waals surface area contributed by atoms with Crippen molar-refractivity contribution in [2.24, 2.45) is 0 Å². The van der Waals surface area contributed by atoms with E-state index in [0.717, 1.165) is 16.1 Å². The number of hydrogen-bond acceptors (Lipinski definition) is 4. The van der Waals surface area contributed by atoms with Crippen LogP contribution in [0.25, 0.3) is 0 Å². The van der Waals surface area contributed by atoms with E-state index in [1.807, 2.05) is 20.8 Å². The van der Waals surface area contributed by atoms with Gasteiger partial charge in [-0.1, -0.05) is 59.9 Å². The molecule has 0 spiro atoms. The second-order valence-corrected chi connectivity index (χ2v) is 12.3. The lowest BCUT2D eigenvalue weighted by molar-refractivity contribution is -0.141. The Hall–Kier alpha value is -2.00. The van der Waals surface area contributed by atoms with Gasteiger partial charge in [-0.05, 0) is 57.0 Å². The molecule has 2 aromatic rings. The lowest BCUT2D eigenvalue weighted by Crippen LogP contribution is -2.55. The van der Waals surface area contributed by atoms with Gasteiger partial charge in [0.25, 0.3) is 0 Å². The van der Waals surface area contributed by atoms with Crippen LogP contribution in [-0.4, -0.2) is 49.5 Å². The molecule has 2 rings (SSSR count). The molecule has 0 bridgehead atoms. The normalized spacial score (nSPS) is 12.7. The third-order valence-corrected chi connectivity index (χ3v) is 7.22. The number of nitrogens with zero attached hydrogens (tertiary/aromatic N) is 2.